The average Bonchev–Trinajstić information content (AvgIpc) is 2.85. The predicted octanol–water partition coefficient (Wildman–Crippen LogP) is 8.17. The van der Waals surface area contributed by atoms with E-state index in [4.69, 9.17) is 27.4 Å². The van der Waals surface area contributed by atoms with Gasteiger partial charge in [0, 0.05) is 58.4 Å². The zero-order valence-corrected chi connectivity index (χ0v) is 27.3. The number of carbonyl (C=O) groups excluding carboxylic acids is 2. The standard InChI is InChI=1S/C33H37Cl2NO5S/c1-7-12-36-24-15-32(3,4)17-26(37)29(24)28(30-25(36)16-33(5,6)18-27(30)38)22-13-20(34)14-23(35)31(22)41-42(39,40)21-10-8-19(2)9-11-21/h8-11,13-14,28H,7,12,15-18H2,1-6H3. The van der Waals surface area contributed by atoms with Crippen LogP contribution in [0.1, 0.15) is 83.8 Å². The van der Waals surface area contributed by atoms with E-state index in [1.807, 2.05) is 6.92 Å². The molecule has 0 saturated heterocycles. The summed E-state index contributed by atoms with van der Waals surface area (Å²) < 4.78 is 32.8. The Morgan fingerprint density at radius 3 is 1.90 bits per heavy atom. The van der Waals surface area contributed by atoms with Crippen molar-refractivity contribution in [1.29, 1.82) is 0 Å². The Balaban J connectivity index is 1.79. The van der Waals surface area contributed by atoms with Gasteiger partial charge in [0.1, 0.15) is 4.90 Å². The van der Waals surface area contributed by atoms with Crippen LogP contribution in [0.5, 0.6) is 5.75 Å². The van der Waals surface area contributed by atoms with E-state index in [0.29, 0.717) is 48.9 Å². The topological polar surface area (TPSA) is 80.8 Å². The number of Topliss-reactive ketones (excluding diaryl/α,β-unsaturated/α-hetero) is 2. The second kappa shape index (κ2) is 10.8. The van der Waals surface area contributed by atoms with Gasteiger partial charge in [0.15, 0.2) is 17.3 Å². The second-order valence-electron chi connectivity index (χ2n) is 13.3. The highest BCUT2D eigenvalue weighted by molar-refractivity contribution is 7.87. The molecule has 9 heteroatoms. The van der Waals surface area contributed by atoms with E-state index >= 15 is 0 Å². The van der Waals surface area contributed by atoms with Crippen LogP contribution in [0.4, 0.5) is 0 Å². The first kappa shape index (κ1) is 30.8. The van der Waals surface area contributed by atoms with Crippen molar-refractivity contribution in [2.24, 2.45) is 10.8 Å². The molecule has 42 heavy (non-hydrogen) atoms. The third-order valence-corrected chi connectivity index (χ3v) is 10.1. The Morgan fingerprint density at radius 1 is 0.881 bits per heavy atom. The maximum absolute atomic E-state index is 14.1. The van der Waals surface area contributed by atoms with Crippen LogP contribution in [0.25, 0.3) is 0 Å². The van der Waals surface area contributed by atoms with Crippen LogP contribution in [0.15, 0.2) is 63.8 Å². The lowest BCUT2D eigenvalue weighted by atomic mass is 9.63. The molecule has 0 radical (unpaired) electrons. The summed E-state index contributed by atoms with van der Waals surface area (Å²) in [5.74, 6) is -1.11. The van der Waals surface area contributed by atoms with E-state index in [9.17, 15) is 18.0 Å². The monoisotopic (exact) mass is 629 g/mol. The van der Waals surface area contributed by atoms with E-state index in [-0.39, 0.29) is 43.1 Å². The van der Waals surface area contributed by atoms with Crippen LogP contribution in [-0.2, 0) is 19.7 Å². The van der Waals surface area contributed by atoms with Gasteiger partial charge in [-0.25, -0.2) is 0 Å². The maximum Gasteiger partial charge on any atom is 0.339 e. The first-order valence-corrected chi connectivity index (χ1v) is 16.5. The van der Waals surface area contributed by atoms with Crippen molar-refractivity contribution in [2.45, 2.75) is 84.5 Å². The minimum absolute atomic E-state index is 0.0133. The summed E-state index contributed by atoms with van der Waals surface area (Å²) in [4.78, 5) is 30.3. The molecule has 0 N–H and O–H groups in total. The van der Waals surface area contributed by atoms with E-state index in [1.165, 1.54) is 18.2 Å². The Morgan fingerprint density at radius 2 is 1.40 bits per heavy atom. The van der Waals surface area contributed by atoms with Gasteiger partial charge in [0.05, 0.1) is 5.02 Å². The molecular formula is C33H37Cl2NO5S. The molecule has 0 fully saturated rings. The summed E-state index contributed by atoms with van der Waals surface area (Å²) >= 11 is 13.2. The fourth-order valence-corrected chi connectivity index (χ4v) is 8.16. The van der Waals surface area contributed by atoms with E-state index in [1.54, 1.807) is 18.2 Å². The van der Waals surface area contributed by atoms with Crippen molar-refractivity contribution in [2.75, 3.05) is 6.54 Å². The SMILES string of the molecule is CCCN1C2=C(C(=O)CC(C)(C)C2)C(c2cc(Cl)cc(Cl)c2OS(=O)(=O)c2ccc(C)cc2)C2=C1CC(C)(C)CC2=O. The number of allylic oxidation sites excluding steroid dienone is 4. The van der Waals surface area contributed by atoms with Crippen molar-refractivity contribution in [3.63, 3.8) is 0 Å². The largest absolute Gasteiger partial charge is 0.377 e. The van der Waals surface area contributed by atoms with Crippen LogP contribution in [0, 0.1) is 17.8 Å². The number of aryl methyl sites for hydroxylation is 1. The number of ketones is 2. The number of hydrogen-bond acceptors (Lipinski definition) is 6. The molecule has 6 nitrogen and oxygen atoms in total. The van der Waals surface area contributed by atoms with Crippen molar-refractivity contribution >= 4 is 44.9 Å². The van der Waals surface area contributed by atoms with Gasteiger partial charge in [-0.1, -0.05) is 75.5 Å². The van der Waals surface area contributed by atoms with E-state index in [0.717, 1.165) is 23.4 Å². The lowest BCUT2D eigenvalue weighted by Crippen LogP contribution is -2.44. The minimum atomic E-state index is -4.31. The van der Waals surface area contributed by atoms with Crippen LogP contribution < -0.4 is 4.18 Å². The lowest BCUT2D eigenvalue weighted by Gasteiger charge is -2.49. The molecule has 0 amide bonds. The molecule has 224 valence electrons. The lowest BCUT2D eigenvalue weighted by molar-refractivity contribution is -0.119. The van der Waals surface area contributed by atoms with Crippen molar-refractivity contribution in [1.82, 2.24) is 4.90 Å². The van der Waals surface area contributed by atoms with Crippen LogP contribution >= 0.6 is 23.2 Å². The fraction of sp³-hybridized carbons (Fsp3) is 0.455. The summed E-state index contributed by atoms with van der Waals surface area (Å²) in [6, 6.07) is 9.31. The van der Waals surface area contributed by atoms with Gasteiger partial charge in [0.25, 0.3) is 0 Å². The molecule has 2 aromatic rings. The number of nitrogens with zero attached hydrogens (tertiary/aromatic N) is 1. The molecule has 0 spiro atoms. The Hall–Kier alpha value is -2.61. The van der Waals surface area contributed by atoms with Gasteiger partial charge >= 0.3 is 10.1 Å². The summed E-state index contributed by atoms with van der Waals surface area (Å²) in [5, 5.41) is 0.239. The number of carbonyl (C=O) groups is 2. The van der Waals surface area contributed by atoms with Gasteiger partial charge < -0.3 is 9.08 Å². The zero-order chi connectivity index (χ0) is 30.8. The number of halogens is 2. The van der Waals surface area contributed by atoms with Crippen molar-refractivity contribution in [3.8, 4) is 5.75 Å². The Bertz CT molecular complexity index is 1600. The molecule has 0 atom stereocenters. The molecule has 2 aromatic carbocycles. The molecule has 1 aliphatic heterocycles. The molecule has 0 bridgehead atoms. The van der Waals surface area contributed by atoms with Gasteiger partial charge in [0.2, 0.25) is 0 Å². The van der Waals surface area contributed by atoms with Gasteiger partial charge in [-0.2, -0.15) is 8.42 Å². The zero-order valence-electron chi connectivity index (χ0n) is 24.9. The fourth-order valence-electron chi connectivity index (χ4n) is 6.60. The van der Waals surface area contributed by atoms with Gasteiger partial charge in [-0.3, -0.25) is 9.59 Å². The molecule has 0 unspecified atom stereocenters. The quantitative estimate of drug-likeness (QED) is 0.300. The second-order valence-corrected chi connectivity index (χ2v) is 15.7. The van der Waals surface area contributed by atoms with Crippen LogP contribution in [0.2, 0.25) is 10.0 Å². The van der Waals surface area contributed by atoms with Crippen LogP contribution in [0.3, 0.4) is 0 Å². The maximum atomic E-state index is 14.1. The smallest absolute Gasteiger partial charge is 0.339 e. The normalized spacial score (nSPS) is 20.5. The molecular weight excluding hydrogens is 593 g/mol. The highest BCUT2D eigenvalue weighted by Crippen LogP contribution is 2.56. The Labute approximate surface area is 258 Å². The summed E-state index contributed by atoms with van der Waals surface area (Å²) in [6.45, 7) is 12.9. The Kier molecular flexibility index (Phi) is 7.95. The molecule has 0 saturated carbocycles. The third kappa shape index (κ3) is 5.68. The van der Waals surface area contributed by atoms with E-state index in [2.05, 4.69) is 39.5 Å². The highest BCUT2D eigenvalue weighted by Gasteiger charge is 2.49. The van der Waals surface area contributed by atoms with Crippen molar-refractivity contribution in [3.05, 3.63) is 80.1 Å². The molecule has 0 aromatic heterocycles. The summed E-state index contributed by atoms with van der Waals surface area (Å²) in [5.41, 5.74) is 3.43. The first-order chi connectivity index (χ1) is 19.5. The molecule has 2 aliphatic carbocycles. The highest BCUT2D eigenvalue weighted by atomic mass is 35.5. The average molecular weight is 631 g/mol. The van der Waals surface area contributed by atoms with E-state index < -0.39 is 16.0 Å². The van der Waals surface area contributed by atoms with Crippen LogP contribution in [-0.4, -0.2) is 31.4 Å². The molecule has 3 aliphatic rings. The number of benzene rings is 2. The summed E-state index contributed by atoms with van der Waals surface area (Å²) in [6.07, 6.45) is 2.71. The minimum Gasteiger partial charge on any atom is -0.377 e. The first-order valence-electron chi connectivity index (χ1n) is 14.3. The van der Waals surface area contributed by atoms with Gasteiger partial charge in [-0.05, 0) is 61.3 Å². The van der Waals surface area contributed by atoms with Gasteiger partial charge in [-0.15, -0.1) is 0 Å². The third-order valence-electron chi connectivity index (χ3n) is 8.32. The molecule has 1 heterocycles. The predicted molar refractivity (Wildman–Crippen MR) is 165 cm³/mol. The molecule has 5 rings (SSSR count). The number of rotatable bonds is 6. The van der Waals surface area contributed by atoms with Crippen molar-refractivity contribution < 1.29 is 22.2 Å². The summed E-state index contributed by atoms with van der Waals surface area (Å²) in [7, 11) is -4.31. The number of hydrogen-bond donors (Lipinski definition) is 0.